The summed E-state index contributed by atoms with van der Waals surface area (Å²) in [6.45, 7) is 6.06. The fourth-order valence-corrected chi connectivity index (χ4v) is 6.06. The summed E-state index contributed by atoms with van der Waals surface area (Å²) in [5, 5.41) is 3.55. The number of Topliss-reactive ketones (excluding diaryl/α,β-unsaturated/α-hetero) is 1. The largest absolute Gasteiger partial charge is 0.351 e. The first-order valence-electron chi connectivity index (χ1n) is 12.8. The minimum absolute atomic E-state index is 0.0897. The fourth-order valence-electron chi connectivity index (χ4n) is 5.06. The van der Waals surface area contributed by atoms with E-state index in [0.29, 0.717) is 19.8 Å². The van der Waals surface area contributed by atoms with Crippen molar-refractivity contribution in [1.82, 2.24) is 9.88 Å². The van der Waals surface area contributed by atoms with Crippen LogP contribution in [0.2, 0.25) is 0 Å². The Morgan fingerprint density at radius 3 is 2.66 bits per heavy atom. The van der Waals surface area contributed by atoms with Gasteiger partial charge in [0.05, 0.1) is 29.3 Å². The number of benzene rings is 2. The molecule has 0 radical (unpaired) electrons. The zero-order chi connectivity index (χ0) is 24.2. The quantitative estimate of drug-likeness (QED) is 0.331. The van der Waals surface area contributed by atoms with Crippen molar-refractivity contribution in [2.45, 2.75) is 52.2 Å². The van der Waals surface area contributed by atoms with E-state index < -0.39 is 0 Å². The van der Waals surface area contributed by atoms with E-state index in [0.717, 1.165) is 47.3 Å². The number of carbonyl (C=O) groups excluding carboxylic acids is 1. The molecule has 1 saturated carbocycles. The third-order valence-electron chi connectivity index (χ3n) is 6.91. The molecule has 5 nitrogen and oxygen atoms in total. The van der Waals surface area contributed by atoms with Crippen molar-refractivity contribution in [3.05, 3.63) is 63.5 Å². The van der Waals surface area contributed by atoms with Crippen molar-refractivity contribution in [2.24, 2.45) is 11.8 Å². The van der Waals surface area contributed by atoms with Crippen molar-refractivity contribution in [1.29, 1.82) is 0 Å². The number of hydrogen-bond donors (Lipinski definition) is 0. The van der Waals surface area contributed by atoms with E-state index in [4.69, 9.17) is 14.5 Å². The molecular weight excluding hydrogens is 456 g/mol. The lowest BCUT2D eigenvalue weighted by Gasteiger charge is -2.22. The number of ether oxygens (including phenoxy) is 2. The first-order valence-corrected chi connectivity index (χ1v) is 13.6. The van der Waals surface area contributed by atoms with Gasteiger partial charge in [0, 0.05) is 6.54 Å². The molecule has 6 heteroatoms. The van der Waals surface area contributed by atoms with Gasteiger partial charge in [0.15, 0.2) is 5.78 Å². The average molecular weight is 491 g/mol. The summed E-state index contributed by atoms with van der Waals surface area (Å²) in [5.41, 5.74) is 2.15. The topological polar surface area (TPSA) is 51.7 Å². The van der Waals surface area contributed by atoms with Crippen LogP contribution in [0.4, 0.5) is 0 Å². The van der Waals surface area contributed by atoms with Crippen molar-refractivity contribution in [2.75, 3.05) is 20.1 Å². The lowest BCUT2D eigenvalue weighted by atomic mass is 10.1. The van der Waals surface area contributed by atoms with E-state index in [1.54, 1.807) is 11.3 Å². The minimum atomic E-state index is -0.0897. The summed E-state index contributed by atoms with van der Waals surface area (Å²) in [4.78, 5) is 20.0. The predicted molar refractivity (Wildman–Crippen MR) is 141 cm³/mol. The number of rotatable bonds is 9. The maximum absolute atomic E-state index is 13.1. The smallest absolute Gasteiger partial charge is 0.156 e. The van der Waals surface area contributed by atoms with E-state index in [1.165, 1.54) is 21.6 Å². The summed E-state index contributed by atoms with van der Waals surface area (Å²) in [7, 11) is 0. The molecule has 1 saturated heterocycles. The molecule has 3 aromatic rings. The fraction of sp³-hybridized carbons (Fsp3) is 0.448. The maximum Gasteiger partial charge on any atom is 0.156 e. The molecule has 0 spiro atoms. The van der Waals surface area contributed by atoms with Gasteiger partial charge in [0.2, 0.25) is 0 Å². The number of likely N-dealkylation sites (tertiary alicyclic amines) is 1. The third kappa shape index (κ3) is 5.72. The SMILES string of the molecule is CC.O=C(Cc1nc2cc3c(cc2s1)=CC1CC1C=3)[C@@H]1CCCN1COCOCc1ccccc1. The zero-order valence-corrected chi connectivity index (χ0v) is 21.4. The van der Waals surface area contributed by atoms with Gasteiger partial charge in [0.1, 0.15) is 18.5 Å². The Morgan fingerprint density at radius 1 is 1.09 bits per heavy atom. The number of ketones is 1. The Hall–Kier alpha value is -2.38. The third-order valence-corrected chi connectivity index (χ3v) is 7.93. The molecule has 1 aliphatic heterocycles. The van der Waals surface area contributed by atoms with Crippen molar-refractivity contribution < 1.29 is 14.3 Å². The van der Waals surface area contributed by atoms with E-state index in [1.807, 2.05) is 44.2 Å². The van der Waals surface area contributed by atoms with Crippen LogP contribution in [0, 0.1) is 11.8 Å². The minimum Gasteiger partial charge on any atom is -0.351 e. The molecule has 0 N–H and O–H groups in total. The second kappa shape index (κ2) is 11.1. The lowest BCUT2D eigenvalue weighted by Crippen LogP contribution is -2.38. The van der Waals surface area contributed by atoms with Crippen molar-refractivity contribution >= 4 is 39.5 Å². The number of aromatic nitrogens is 1. The van der Waals surface area contributed by atoms with E-state index in [9.17, 15) is 4.79 Å². The molecule has 1 aromatic heterocycles. The van der Waals surface area contributed by atoms with Crippen LogP contribution >= 0.6 is 11.3 Å². The van der Waals surface area contributed by atoms with E-state index >= 15 is 0 Å². The molecule has 184 valence electrons. The predicted octanol–water partition coefficient (Wildman–Crippen LogP) is 4.26. The highest BCUT2D eigenvalue weighted by atomic mass is 32.1. The molecule has 2 aromatic carbocycles. The Bertz CT molecular complexity index is 1230. The molecular formula is C29H34N2O3S. The Kier molecular flexibility index (Phi) is 7.73. The van der Waals surface area contributed by atoms with Gasteiger partial charge in [-0.15, -0.1) is 11.3 Å². The van der Waals surface area contributed by atoms with Crippen LogP contribution in [0.3, 0.4) is 0 Å². The van der Waals surface area contributed by atoms with Crippen LogP contribution < -0.4 is 10.4 Å². The van der Waals surface area contributed by atoms with Crippen LogP contribution in [0.1, 0.15) is 43.7 Å². The second-order valence-corrected chi connectivity index (χ2v) is 10.5. The highest BCUT2D eigenvalue weighted by Gasteiger charge is 2.34. The van der Waals surface area contributed by atoms with E-state index in [2.05, 4.69) is 29.2 Å². The Balaban J connectivity index is 0.00000124. The van der Waals surface area contributed by atoms with E-state index in [-0.39, 0.29) is 18.6 Å². The van der Waals surface area contributed by atoms with Gasteiger partial charge in [-0.2, -0.15) is 0 Å². The molecule has 0 bridgehead atoms. The van der Waals surface area contributed by atoms with Gasteiger partial charge >= 0.3 is 0 Å². The molecule has 35 heavy (non-hydrogen) atoms. The van der Waals surface area contributed by atoms with Crippen LogP contribution in [0.5, 0.6) is 0 Å². The first kappa shape index (κ1) is 24.3. The van der Waals surface area contributed by atoms with Crippen LogP contribution in [0.15, 0.2) is 42.5 Å². The number of nitrogens with zero attached hydrogens (tertiary/aromatic N) is 2. The summed E-state index contributed by atoms with van der Waals surface area (Å²) >= 11 is 1.66. The Morgan fingerprint density at radius 2 is 1.86 bits per heavy atom. The summed E-state index contributed by atoms with van der Waals surface area (Å²) in [6, 6.07) is 14.4. The second-order valence-electron chi connectivity index (χ2n) is 9.35. The van der Waals surface area contributed by atoms with Crippen LogP contribution in [-0.2, 0) is 27.3 Å². The van der Waals surface area contributed by atoms with Gasteiger partial charge < -0.3 is 9.47 Å². The molecule has 3 aliphatic rings. The lowest BCUT2D eigenvalue weighted by molar-refractivity contribution is -0.129. The van der Waals surface area contributed by atoms with Gasteiger partial charge in [0.25, 0.3) is 0 Å². The summed E-state index contributed by atoms with van der Waals surface area (Å²) < 4.78 is 12.5. The standard InChI is InChI=1S/C27H28N2O3S.C2H6/c30-25(24-7-4-8-29(24)16-32-17-31-15-18-5-2-1-3-6-18)14-27-28-23-12-21-10-19-9-20(19)11-22(21)13-26(23)33-27;1-2/h1-3,5-6,10-13,19-20,24H,4,7-9,14-17H2;1-2H3/t19?,20?,24-;/m0./s1. The molecule has 2 heterocycles. The molecule has 2 unspecified atom stereocenters. The summed E-state index contributed by atoms with van der Waals surface area (Å²) in [5.74, 6) is 1.71. The van der Waals surface area contributed by atoms with Crippen molar-refractivity contribution in [3.8, 4) is 0 Å². The molecule has 2 fully saturated rings. The highest BCUT2D eigenvalue weighted by Crippen LogP contribution is 2.42. The molecule has 6 rings (SSSR count). The van der Waals surface area contributed by atoms with Gasteiger partial charge in [-0.3, -0.25) is 9.69 Å². The Labute approximate surface area is 211 Å². The first-order chi connectivity index (χ1) is 17.2. The zero-order valence-electron chi connectivity index (χ0n) is 20.6. The van der Waals surface area contributed by atoms with Gasteiger partial charge in [-0.05, 0) is 59.2 Å². The highest BCUT2D eigenvalue weighted by molar-refractivity contribution is 7.18. The molecule has 3 atom stereocenters. The number of fused-ring (bicyclic) bond motifs is 3. The number of carbonyl (C=O) groups is 1. The van der Waals surface area contributed by atoms with Crippen LogP contribution in [-0.4, -0.2) is 41.8 Å². The van der Waals surface area contributed by atoms with Crippen LogP contribution in [0.25, 0.3) is 22.4 Å². The number of hydrogen-bond acceptors (Lipinski definition) is 6. The average Bonchev–Trinajstić information content (AvgIpc) is 3.28. The maximum atomic E-state index is 13.1. The van der Waals surface area contributed by atoms with Gasteiger partial charge in [-0.25, -0.2) is 4.98 Å². The number of thiazole rings is 1. The molecule has 0 amide bonds. The van der Waals surface area contributed by atoms with Gasteiger partial charge in [-0.1, -0.05) is 56.3 Å². The summed E-state index contributed by atoms with van der Waals surface area (Å²) in [6.07, 6.45) is 8.39. The monoisotopic (exact) mass is 490 g/mol. The van der Waals surface area contributed by atoms with Crippen molar-refractivity contribution in [3.63, 3.8) is 0 Å². The molecule has 2 aliphatic carbocycles. The normalized spacial score (nSPS) is 22.4.